The van der Waals surface area contributed by atoms with E-state index in [1.165, 1.54) is 21.9 Å². The first kappa shape index (κ1) is 20.9. The first-order valence-corrected chi connectivity index (χ1v) is 12.5. The molecule has 0 saturated heterocycles. The molecule has 0 saturated carbocycles. The zero-order valence-electron chi connectivity index (χ0n) is 20.3. The monoisotopic (exact) mass is 467 g/mol. The minimum Gasteiger partial charge on any atom is -0.455 e. The highest BCUT2D eigenvalue weighted by Crippen LogP contribution is 2.38. The number of hydrogen-bond acceptors (Lipinski definition) is 3. The van der Waals surface area contributed by atoms with Crippen LogP contribution in [0.1, 0.15) is 25.0 Å². The van der Waals surface area contributed by atoms with Crippen molar-refractivity contribution in [3.63, 3.8) is 0 Å². The van der Waals surface area contributed by atoms with Gasteiger partial charge in [0.15, 0.2) is 11.5 Å². The number of fused-ring (bicyclic) bond motifs is 6. The van der Waals surface area contributed by atoms with Crippen molar-refractivity contribution in [1.82, 2.24) is 14.6 Å². The van der Waals surface area contributed by atoms with Gasteiger partial charge >= 0.3 is 0 Å². The molecule has 4 heteroatoms. The topological polar surface area (TPSA) is 43.3 Å². The lowest BCUT2D eigenvalue weighted by atomic mass is 9.97. The Morgan fingerprint density at radius 1 is 0.694 bits per heavy atom. The number of hydrogen-bond donors (Lipinski definition) is 0. The molecule has 0 N–H and O–H groups in total. The van der Waals surface area contributed by atoms with Gasteiger partial charge in [-0.3, -0.25) is 4.40 Å². The second kappa shape index (κ2) is 8.06. The number of benzene rings is 4. The standard InChI is InChI=1S/C32H25N3O/c1-3-20-9-14-29-27(17-20)28-19-21(4-2)18-26(30(28)36-29)23-10-12-24(13-11-23)31-33-34-32-25-8-6-5-7-22(25)15-16-35(31)32/h5-19H,3-4H2,1-2H3. The summed E-state index contributed by atoms with van der Waals surface area (Å²) in [7, 11) is 0. The molecule has 3 aromatic heterocycles. The fourth-order valence-corrected chi connectivity index (χ4v) is 5.24. The Balaban J connectivity index is 1.36. The lowest BCUT2D eigenvalue weighted by Gasteiger charge is -2.08. The average molecular weight is 468 g/mol. The van der Waals surface area contributed by atoms with E-state index in [0.29, 0.717) is 0 Å². The largest absolute Gasteiger partial charge is 0.455 e. The second-order valence-corrected chi connectivity index (χ2v) is 9.36. The molecule has 4 aromatic carbocycles. The van der Waals surface area contributed by atoms with E-state index in [0.717, 1.165) is 62.9 Å². The highest BCUT2D eigenvalue weighted by atomic mass is 16.3. The van der Waals surface area contributed by atoms with Crippen molar-refractivity contribution in [1.29, 1.82) is 0 Å². The summed E-state index contributed by atoms with van der Waals surface area (Å²) in [6.45, 7) is 4.39. The molecule has 0 aliphatic heterocycles. The first-order valence-electron chi connectivity index (χ1n) is 12.5. The van der Waals surface area contributed by atoms with Gasteiger partial charge in [0.1, 0.15) is 11.2 Å². The third-order valence-electron chi connectivity index (χ3n) is 7.27. The summed E-state index contributed by atoms with van der Waals surface area (Å²) >= 11 is 0. The van der Waals surface area contributed by atoms with Crippen LogP contribution in [0.25, 0.3) is 60.9 Å². The Labute approximate surface area is 208 Å². The van der Waals surface area contributed by atoms with Crippen LogP contribution in [0.5, 0.6) is 0 Å². The smallest absolute Gasteiger partial charge is 0.168 e. The second-order valence-electron chi connectivity index (χ2n) is 9.36. The Hall–Kier alpha value is -4.44. The van der Waals surface area contributed by atoms with Gasteiger partial charge in [-0.05, 0) is 65.3 Å². The maximum absolute atomic E-state index is 6.41. The van der Waals surface area contributed by atoms with Crippen molar-refractivity contribution in [2.24, 2.45) is 0 Å². The predicted molar refractivity (Wildman–Crippen MR) is 147 cm³/mol. The highest BCUT2D eigenvalue weighted by molar-refractivity contribution is 6.10. The van der Waals surface area contributed by atoms with Crippen molar-refractivity contribution in [3.8, 4) is 22.5 Å². The number of pyridine rings is 1. The Kier molecular flexibility index (Phi) is 4.68. The number of furan rings is 1. The number of rotatable bonds is 4. The van der Waals surface area contributed by atoms with Crippen LogP contribution in [0.2, 0.25) is 0 Å². The van der Waals surface area contributed by atoms with E-state index in [1.807, 2.05) is 18.3 Å². The SMILES string of the molecule is CCc1ccc2oc3c(-c4ccc(-c5nnc6c7ccccc7ccn56)cc4)cc(CC)cc3c2c1. The van der Waals surface area contributed by atoms with Crippen LogP contribution >= 0.6 is 0 Å². The van der Waals surface area contributed by atoms with E-state index >= 15 is 0 Å². The normalized spacial score (nSPS) is 11.8. The highest BCUT2D eigenvalue weighted by Gasteiger charge is 2.16. The van der Waals surface area contributed by atoms with E-state index in [4.69, 9.17) is 4.42 Å². The molecule has 36 heavy (non-hydrogen) atoms. The lowest BCUT2D eigenvalue weighted by molar-refractivity contribution is 0.669. The third-order valence-corrected chi connectivity index (χ3v) is 7.27. The van der Waals surface area contributed by atoms with Crippen molar-refractivity contribution in [3.05, 3.63) is 102 Å². The molecule has 0 bridgehead atoms. The summed E-state index contributed by atoms with van der Waals surface area (Å²) in [5.41, 5.74) is 8.68. The van der Waals surface area contributed by atoms with E-state index < -0.39 is 0 Å². The molecule has 0 radical (unpaired) electrons. The number of aromatic nitrogens is 3. The number of nitrogens with zero attached hydrogens (tertiary/aromatic N) is 3. The molecule has 174 valence electrons. The fourth-order valence-electron chi connectivity index (χ4n) is 5.24. The van der Waals surface area contributed by atoms with Gasteiger partial charge in [0.25, 0.3) is 0 Å². The lowest BCUT2D eigenvalue weighted by Crippen LogP contribution is -1.90. The Morgan fingerprint density at radius 3 is 2.31 bits per heavy atom. The van der Waals surface area contributed by atoms with E-state index in [2.05, 4.69) is 101 Å². The van der Waals surface area contributed by atoms with Crippen LogP contribution in [0.4, 0.5) is 0 Å². The van der Waals surface area contributed by atoms with Gasteiger partial charge in [-0.1, -0.05) is 68.4 Å². The van der Waals surface area contributed by atoms with Gasteiger partial charge in [0.2, 0.25) is 0 Å². The molecule has 7 rings (SSSR count). The van der Waals surface area contributed by atoms with Crippen molar-refractivity contribution >= 4 is 38.4 Å². The summed E-state index contributed by atoms with van der Waals surface area (Å²) in [4.78, 5) is 0. The molecule has 0 fully saturated rings. The zero-order chi connectivity index (χ0) is 24.2. The molecular weight excluding hydrogens is 442 g/mol. The summed E-state index contributed by atoms with van der Waals surface area (Å²) < 4.78 is 8.48. The molecule has 7 aromatic rings. The van der Waals surface area contributed by atoms with Crippen LogP contribution in [0.15, 0.2) is 95.5 Å². The van der Waals surface area contributed by atoms with Crippen LogP contribution in [0, 0.1) is 0 Å². The van der Waals surface area contributed by atoms with Crippen molar-refractivity contribution < 1.29 is 4.42 Å². The van der Waals surface area contributed by atoms with Crippen LogP contribution in [-0.2, 0) is 12.8 Å². The first-order chi connectivity index (χ1) is 17.7. The van der Waals surface area contributed by atoms with Gasteiger partial charge in [-0.2, -0.15) is 0 Å². The average Bonchev–Trinajstić information content (AvgIpc) is 3.54. The Morgan fingerprint density at radius 2 is 1.47 bits per heavy atom. The minimum absolute atomic E-state index is 0.839. The van der Waals surface area contributed by atoms with Crippen LogP contribution in [0.3, 0.4) is 0 Å². The molecule has 0 unspecified atom stereocenters. The molecule has 0 aliphatic carbocycles. The summed E-state index contributed by atoms with van der Waals surface area (Å²) in [6.07, 6.45) is 4.03. The van der Waals surface area contributed by atoms with E-state index in [1.54, 1.807) is 0 Å². The maximum Gasteiger partial charge on any atom is 0.168 e. The predicted octanol–water partition coefficient (Wildman–Crippen LogP) is 8.24. The van der Waals surface area contributed by atoms with Gasteiger partial charge < -0.3 is 4.42 Å². The van der Waals surface area contributed by atoms with Crippen LogP contribution < -0.4 is 0 Å². The molecule has 0 aliphatic rings. The summed E-state index contributed by atoms with van der Waals surface area (Å²) in [5.74, 6) is 0.839. The van der Waals surface area contributed by atoms with Crippen molar-refractivity contribution in [2.75, 3.05) is 0 Å². The summed E-state index contributed by atoms with van der Waals surface area (Å²) in [5, 5.41) is 13.7. The van der Waals surface area contributed by atoms with E-state index in [9.17, 15) is 0 Å². The number of aryl methyl sites for hydroxylation is 2. The minimum atomic E-state index is 0.839. The van der Waals surface area contributed by atoms with Gasteiger partial charge in [0, 0.05) is 33.5 Å². The van der Waals surface area contributed by atoms with Gasteiger partial charge in [0.05, 0.1) is 0 Å². The molecule has 0 amide bonds. The molecule has 0 spiro atoms. The van der Waals surface area contributed by atoms with Gasteiger partial charge in [-0.15, -0.1) is 10.2 Å². The Bertz CT molecular complexity index is 1910. The molecule has 4 nitrogen and oxygen atoms in total. The molecular formula is C32H25N3O. The molecule has 0 atom stereocenters. The zero-order valence-corrected chi connectivity index (χ0v) is 20.3. The quantitative estimate of drug-likeness (QED) is 0.262. The maximum atomic E-state index is 6.41. The van der Waals surface area contributed by atoms with Gasteiger partial charge in [-0.25, -0.2) is 0 Å². The molecule has 3 heterocycles. The third kappa shape index (κ3) is 3.14. The van der Waals surface area contributed by atoms with E-state index in [-0.39, 0.29) is 0 Å². The summed E-state index contributed by atoms with van der Waals surface area (Å²) in [6, 6.07) is 30.1. The fraction of sp³-hybridized carbons (Fsp3) is 0.125. The van der Waals surface area contributed by atoms with Crippen LogP contribution in [-0.4, -0.2) is 14.6 Å². The van der Waals surface area contributed by atoms with Crippen molar-refractivity contribution in [2.45, 2.75) is 26.7 Å².